The van der Waals surface area contributed by atoms with E-state index in [4.69, 9.17) is 25.8 Å². The molecule has 0 radical (unpaired) electrons. The molecule has 0 fully saturated rings. The number of hydrogen-bond acceptors (Lipinski definition) is 5. The number of nitrogens with zero attached hydrogens (tertiary/aromatic N) is 1. The summed E-state index contributed by atoms with van der Waals surface area (Å²) in [6.45, 7) is 0.552. The second kappa shape index (κ2) is 15.8. The fourth-order valence-electron chi connectivity index (χ4n) is 1.41. The summed E-state index contributed by atoms with van der Waals surface area (Å²) in [5.41, 5.74) is 6.23. The smallest absolute Gasteiger partial charge is 0.724 e. The Kier molecular flexibility index (Phi) is 16.6. The maximum Gasteiger partial charge on any atom is 1.00 e. The van der Waals surface area contributed by atoms with Crippen LogP contribution in [0.1, 0.15) is 18.4 Å². The molecule has 1 atom stereocenters. The molecule has 0 aliphatic rings. The van der Waals surface area contributed by atoms with Gasteiger partial charge in [-0.2, -0.15) is 0 Å². The number of nitrogens with one attached hydrogen (secondary N) is 1. The molecule has 0 saturated carbocycles. The minimum Gasteiger partial charge on any atom is -0.724 e. The van der Waals surface area contributed by atoms with Crippen molar-refractivity contribution in [2.24, 2.45) is 5.73 Å². The van der Waals surface area contributed by atoms with Gasteiger partial charge in [0.2, 0.25) is 0 Å². The van der Waals surface area contributed by atoms with E-state index in [1.807, 2.05) is 30.3 Å². The molecule has 1 aromatic rings. The fourth-order valence-corrected chi connectivity index (χ4v) is 1.41. The molecule has 0 bridgehead atoms. The van der Waals surface area contributed by atoms with Crippen LogP contribution in [0.3, 0.4) is 0 Å². The van der Waals surface area contributed by atoms with Crippen molar-refractivity contribution in [2.75, 3.05) is 6.54 Å². The van der Waals surface area contributed by atoms with Gasteiger partial charge < -0.3 is 26.3 Å². The Morgan fingerprint density at radius 2 is 1.91 bits per heavy atom. The first-order valence-corrected chi connectivity index (χ1v) is 6.45. The van der Waals surface area contributed by atoms with Crippen LogP contribution in [0.15, 0.2) is 30.3 Å². The number of benzene rings is 1. The quantitative estimate of drug-likeness (QED) is 0.225. The summed E-state index contributed by atoms with van der Waals surface area (Å²) in [6, 6.07) is 8.45. The molecule has 1 aromatic carbocycles. The molecular formula is C14H18KN3O5. The Labute approximate surface area is 176 Å². The monoisotopic (exact) mass is 347 g/mol. The third-order valence-electron chi connectivity index (χ3n) is 2.49. The average Bonchev–Trinajstić information content (AvgIpc) is 2.51. The molecule has 0 unspecified atom stereocenters. The standard InChI is InChI=1S/C13H18N2O4.CNO.K/c14-11(12(16)17)7-4-8-15-13(18)19-9-10-5-2-1-3-6-10;2-1-3;/h1-3,5-6,11H,4,7-9,14H2,(H,15,18)(H,16,17);;/q;-1;+1/t11-;;/m0../s1. The van der Waals surface area contributed by atoms with Crippen molar-refractivity contribution < 1.29 is 75.6 Å². The average molecular weight is 347 g/mol. The summed E-state index contributed by atoms with van der Waals surface area (Å²) in [7, 11) is 0. The van der Waals surface area contributed by atoms with Crippen LogP contribution >= 0.6 is 0 Å². The number of hydrogen-bond donors (Lipinski definition) is 3. The van der Waals surface area contributed by atoms with Gasteiger partial charge in [0.25, 0.3) is 0 Å². The number of amides is 1. The molecule has 4 N–H and O–H groups in total. The topological polar surface area (TPSA) is 141 Å². The molecule has 8 nitrogen and oxygen atoms in total. The summed E-state index contributed by atoms with van der Waals surface area (Å²) >= 11 is 0. The number of carboxylic acids is 1. The van der Waals surface area contributed by atoms with Gasteiger partial charge in [0.1, 0.15) is 12.6 Å². The van der Waals surface area contributed by atoms with Crippen molar-refractivity contribution in [3.63, 3.8) is 0 Å². The van der Waals surface area contributed by atoms with Crippen LogP contribution in [0.25, 0.3) is 5.41 Å². The predicted octanol–water partition coefficient (Wildman–Crippen LogP) is -2.00. The van der Waals surface area contributed by atoms with E-state index in [1.54, 1.807) is 0 Å². The van der Waals surface area contributed by atoms with E-state index in [1.165, 1.54) is 0 Å². The maximum atomic E-state index is 11.3. The molecule has 120 valence electrons. The van der Waals surface area contributed by atoms with E-state index in [2.05, 4.69) is 5.32 Å². The Balaban J connectivity index is 0. The minimum absolute atomic E-state index is 0. The first-order chi connectivity index (χ1) is 10.5. The van der Waals surface area contributed by atoms with Crippen LogP contribution in [0.4, 0.5) is 4.79 Å². The van der Waals surface area contributed by atoms with Crippen molar-refractivity contribution in [1.82, 2.24) is 5.32 Å². The Morgan fingerprint density at radius 3 is 2.43 bits per heavy atom. The van der Waals surface area contributed by atoms with E-state index in [0.29, 0.717) is 25.5 Å². The second-order valence-electron chi connectivity index (χ2n) is 4.17. The number of rotatable bonds is 7. The summed E-state index contributed by atoms with van der Waals surface area (Å²) in [4.78, 5) is 30.0. The number of alkyl carbamates (subject to hydrolysis) is 1. The Hall–Kier alpha value is -1.06. The van der Waals surface area contributed by atoms with E-state index < -0.39 is 18.1 Å². The summed E-state index contributed by atoms with van der Waals surface area (Å²) in [5.74, 6) is -1.04. The number of isocyanates is 1. The van der Waals surface area contributed by atoms with Crippen LogP contribution in [0.5, 0.6) is 0 Å². The number of carbonyl (C=O) groups is 2. The first-order valence-electron chi connectivity index (χ1n) is 6.45. The van der Waals surface area contributed by atoms with Gasteiger partial charge in [-0.1, -0.05) is 30.3 Å². The van der Waals surface area contributed by atoms with Crippen LogP contribution in [0.2, 0.25) is 0 Å². The SMILES string of the molecule is N[C@@H](CCCNC(=O)OCc1ccccc1)C(=O)O.[K+].[N-]=C=O. The third kappa shape index (κ3) is 14.3. The molecule has 0 spiro atoms. The van der Waals surface area contributed by atoms with Crippen molar-refractivity contribution in [3.05, 3.63) is 41.3 Å². The number of carboxylic acid groups (broad SMARTS) is 1. The van der Waals surface area contributed by atoms with Crippen molar-refractivity contribution in [1.29, 1.82) is 0 Å². The molecule has 0 heterocycles. The van der Waals surface area contributed by atoms with E-state index in [9.17, 15) is 9.59 Å². The largest absolute Gasteiger partial charge is 1.00 e. The van der Waals surface area contributed by atoms with Gasteiger partial charge in [-0.05, 0) is 24.5 Å². The molecule has 23 heavy (non-hydrogen) atoms. The fraction of sp³-hybridized carbons (Fsp3) is 0.357. The summed E-state index contributed by atoms with van der Waals surface area (Å²) in [5, 5.41) is 17.9. The van der Waals surface area contributed by atoms with Crippen molar-refractivity contribution >= 4 is 18.1 Å². The molecule has 1 rings (SSSR count). The zero-order valence-electron chi connectivity index (χ0n) is 12.9. The Bertz CT molecular complexity index is 492. The third-order valence-corrected chi connectivity index (χ3v) is 2.49. The van der Waals surface area contributed by atoms with Gasteiger partial charge in [0.15, 0.2) is 0 Å². The Morgan fingerprint density at radius 1 is 1.35 bits per heavy atom. The maximum absolute atomic E-state index is 11.3. The molecule has 1 amide bonds. The zero-order chi connectivity index (χ0) is 16.8. The molecule has 0 aromatic heterocycles. The minimum atomic E-state index is -1.04. The van der Waals surface area contributed by atoms with Gasteiger partial charge in [-0.3, -0.25) is 9.59 Å². The summed E-state index contributed by atoms with van der Waals surface area (Å²) < 4.78 is 4.98. The van der Waals surface area contributed by atoms with Gasteiger partial charge in [0.05, 0.1) is 0 Å². The first kappa shape index (κ1) is 24.2. The summed E-state index contributed by atoms with van der Waals surface area (Å²) in [6.07, 6.45) is 0.787. The van der Waals surface area contributed by atoms with E-state index in [-0.39, 0.29) is 58.0 Å². The predicted molar refractivity (Wildman–Crippen MR) is 78.5 cm³/mol. The number of aliphatic carboxylic acids is 1. The van der Waals surface area contributed by atoms with Crippen molar-refractivity contribution in [2.45, 2.75) is 25.5 Å². The number of carbonyl (C=O) groups excluding carboxylic acids is 2. The van der Waals surface area contributed by atoms with Crippen LogP contribution in [0, 0.1) is 0 Å². The van der Waals surface area contributed by atoms with E-state index in [0.717, 1.165) is 5.56 Å². The normalized spacial score (nSPS) is 9.96. The van der Waals surface area contributed by atoms with Gasteiger partial charge >= 0.3 is 63.4 Å². The van der Waals surface area contributed by atoms with Gasteiger partial charge in [-0.15, -0.1) is 0 Å². The zero-order valence-corrected chi connectivity index (χ0v) is 16.0. The second-order valence-corrected chi connectivity index (χ2v) is 4.17. The van der Waals surface area contributed by atoms with Gasteiger partial charge in [0, 0.05) is 6.54 Å². The van der Waals surface area contributed by atoms with Crippen LogP contribution in [-0.2, 0) is 20.9 Å². The molecule has 0 aliphatic heterocycles. The van der Waals surface area contributed by atoms with Gasteiger partial charge in [-0.25, -0.2) is 4.79 Å². The van der Waals surface area contributed by atoms with E-state index >= 15 is 0 Å². The van der Waals surface area contributed by atoms with Crippen LogP contribution < -0.4 is 62.4 Å². The van der Waals surface area contributed by atoms with Crippen LogP contribution in [-0.4, -0.2) is 35.8 Å². The molecular weight excluding hydrogens is 329 g/mol. The molecule has 0 saturated heterocycles. The van der Waals surface area contributed by atoms with Crippen molar-refractivity contribution in [3.8, 4) is 0 Å². The molecule has 0 aliphatic carbocycles. The number of ether oxygens (including phenoxy) is 1. The molecule has 9 heteroatoms. The number of nitrogens with two attached hydrogens (primary N) is 1.